The summed E-state index contributed by atoms with van der Waals surface area (Å²) in [4.78, 5) is 15.7. The highest BCUT2D eigenvalue weighted by atomic mass is 16.5. The fraction of sp³-hybridized carbons (Fsp3) is 0.562. The molecule has 2 aliphatic rings. The van der Waals surface area contributed by atoms with Gasteiger partial charge in [-0.1, -0.05) is 0 Å². The third-order valence-electron chi connectivity index (χ3n) is 4.42. The minimum absolute atomic E-state index is 0.712. The van der Waals surface area contributed by atoms with Gasteiger partial charge >= 0.3 is 0 Å². The first-order valence-electron chi connectivity index (χ1n) is 7.49. The summed E-state index contributed by atoms with van der Waals surface area (Å²) in [5.74, 6) is 0. The van der Waals surface area contributed by atoms with E-state index in [4.69, 9.17) is 4.74 Å². The number of rotatable bonds is 3. The van der Waals surface area contributed by atoms with Crippen molar-refractivity contribution in [3.63, 3.8) is 0 Å². The minimum Gasteiger partial charge on any atom is -0.379 e. The number of anilines is 1. The van der Waals surface area contributed by atoms with Gasteiger partial charge in [0.1, 0.15) is 6.29 Å². The smallest absolute Gasteiger partial charge is 0.150 e. The largest absolute Gasteiger partial charge is 0.379 e. The van der Waals surface area contributed by atoms with Crippen molar-refractivity contribution in [3.05, 3.63) is 29.8 Å². The molecule has 4 heteroatoms. The zero-order valence-electron chi connectivity index (χ0n) is 11.8. The molecule has 0 radical (unpaired) electrons. The number of nitrogens with zero attached hydrogens (tertiary/aromatic N) is 2. The first-order valence-corrected chi connectivity index (χ1v) is 7.49. The first kappa shape index (κ1) is 13.6. The molecule has 1 aromatic rings. The van der Waals surface area contributed by atoms with Crippen molar-refractivity contribution in [1.29, 1.82) is 0 Å². The Kier molecular flexibility index (Phi) is 4.33. The van der Waals surface area contributed by atoms with Crippen LogP contribution in [0.3, 0.4) is 0 Å². The molecule has 0 aromatic heterocycles. The fourth-order valence-corrected chi connectivity index (χ4v) is 3.20. The Hall–Kier alpha value is -1.39. The lowest BCUT2D eigenvalue weighted by molar-refractivity contribution is 0.0115. The van der Waals surface area contributed by atoms with Crippen LogP contribution in [-0.2, 0) is 4.74 Å². The highest BCUT2D eigenvalue weighted by molar-refractivity contribution is 5.75. The van der Waals surface area contributed by atoms with Gasteiger partial charge in [0.05, 0.1) is 13.2 Å². The van der Waals surface area contributed by atoms with E-state index in [0.717, 1.165) is 51.2 Å². The molecule has 2 aliphatic heterocycles. The topological polar surface area (TPSA) is 32.8 Å². The van der Waals surface area contributed by atoms with Gasteiger partial charge in [-0.15, -0.1) is 0 Å². The summed E-state index contributed by atoms with van der Waals surface area (Å²) < 4.78 is 5.42. The summed E-state index contributed by atoms with van der Waals surface area (Å²) in [5, 5.41) is 0. The van der Waals surface area contributed by atoms with E-state index in [-0.39, 0.29) is 0 Å². The number of carbonyl (C=O) groups is 1. The molecule has 0 N–H and O–H groups in total. The molecule has 0 amide bonds. The molecule has 2 fully saturated rings. The van der Waals surface area contributed by atoms with Crippen molar-refractivity contribution >= 4 is 12.0 Å². The van der Waals surface area contributed by atoms with Crippen LogP contribution in [0.5, 0.6) is 0 Å². The van der Waals surface area contributed by atoms with Crippen LogP contribution in [0.2, 0.25) is 0 Å². The second-order valence-electron chi connectivity index (χ2n) is 5.58. The van der Waals surface area contributed by atoms with E-state index in [2.05, 4.69) is 21.9 Å². The van der Waals surface area contributed by atoms with E-state index in [1.54, 1.807) is 0 Å². The zero-order chi connectivity index (χ0) is 13.8. The van der Waals surface area contributed by atoms with Gasteiger partial charge in [0.2, 0.25) is 0 Å². The minimum atomic E-state index is 0.712. The molecule has 0 atom stereocenters. The van der Waals surface area contributed by atoms with Crippen molar-refractivity contribution in [2.24, 2.45) is 0 Å². The standard InChI is InChI=1S/C16H22N2O2/c19-13-14-1-3-15(4-2-14)17-7-5-16(6-8-17)18-9-11-20-12-10-18/h1-4,13,16H,5-12H2. The maximum absolute atomic E-state index is 10.7. The molecule has 0 aliphatic carbocycles. The first-order chi connectivity index (χ1) is 9.86. The van der Waals surface area contributed by atoms with Crippen LogP contribution < -0.4 is 4.90 Å². The van der Waals surface area contributed by atoms with Crippen LogP contribution in [0.15, 0.2) is 24.3 Å². The van der Waals surface area contributed by atoms with Gasteiger partial charge in [-0.2, -0.15) is 0 Å². The number of ether oxygens (including phenoxy) is 1. The molecule has 0 spiro atoms. The summed E-state index contributed by atoms with van der Waals surface area (Å²) in [6.45, 7) is 6.13. The highest BCUT2D eigenvalue weighted by Gasteiger charge is 2.25. The highest BCUT2D eigenvalue weighted by Crippen LogP contribution is 2.23. The van der Waals surface area contributed by atoms with Crippen molar-refractivity contribution in [2.75, 3.05) is 44.3 Å². The van der Waals surface area contributed by atoms with Gasteiger partial charge in [0.15, 0.2) is 0 Å². The molecular formula is C16H22N2O2. The molecule has 2 saturated heterocycles. The second-order valence-corrected chi connectivity index (χ2v) is 5.58. The van der Waals surface area contributed by atoms with Crippen LogP contribution in [0.1, 0.15) is 23.2 Å². The van der Waals surface area contributed by atoms with E-state index in [0.29, 0.717) is 6.04 Å². The Balaban J connectivity index is 1.55. The van der Waals surface area contributed by atoms with E-state index < -0.39 is 0 Å². The second kappa shape index (κ2) is 6.37. The zero-order valence-corrected chi connectivity index (χ0v) is 11.8. The number of carbonyl (C=O) groups excluding carboxylic acids is 1. The monoisotopic (exact) mass is 274 g/mol. The van der Waals surface area contributed by atoms with Gasteiger partial charge in [-0.25, -0.2) is 0 Å². The molecule has 0 saturated carbocycles. The van der Waals surface area contributed by atoms with Gasteiger partial charge in [0.25, 0.3) is 0 Å². The summed E-state index contributed by atoms with van der Waals surface area (Å²) in [5.41, 5.74) is 1.98. The van der Waals surface area contributed by atoms with Gasteiger partial charge in [-0.05, 0) is 37.1 Å². The molecule has 0 unspecified atom stereocenters. The van der Waals surface area contributed by atoms with Gasteiger partial charge < -0.3 is 9.64 Å². The number of morpholine rings is 1. The average Bonchev–Trinajstić information content (AvgIpc) is 2.56. The van der Waals surface area contributed by atoms with E-state index in [9.17, 15) is 4.79 Å². The lowest BCUT2D eigenvalue weighted by Crippen LogP contribution is -2.49. The molecule has 108 valence electrons. The molecule has 3 rings (SSSR count). The summed E-state index contributed by atoms with van der Waals surface area (Å²) >= 11 is 0. The molecule has 1 aromatic carbocycles. The quantitative estimate of drug-likeness (QED) is 0.787. The number of hydrogen-bond acceptors (Lipinski definition) is 4. The van der Waals surface area contributed by atoms with Crippen LogP contribution >= 0.6 is 0 Å². The Morgan fingerprint density at radius 1 is 1.00 bits per heavy atom. The van der Waals surface area contributed by atoms with Crippen LogP contribution in [0, 0.1) is 0 Å². The Bertz CT molecular complexity index is 432. The van der Waals surface area contributed by atoms with Crippen molar-refractivity contribution in [3.8, 4) is 0 Å². The molecule has 2 heterocycles. The van der Waals surface area contributed by atoms with Crippen molar-refractivity contribution in [1.82, 2.24) is 4.90 Å². The van der Waals surface area contributed by atoms with Crippen molar-refractivity contribution in [2.45, 2.75) is 18.9 Å². The predicted molar refractivity (Wildman–Crippen MR) is 79.5 cm³/mol. The van der Waals surface area contributed by atoms with E-state index in [1.807, 2.05) is 12.1 Å². The number of benzene rings is 1. The Morgan fingerprint density at radius 3 is 2.25 bits per heavy atom. The fourth-order valence-electron chi connectivity index (χ4n) is 3.20. The predicted octanol–water partition coefficient (Wildman–Crippen LogP) is 1.80. The summed E-state index contributed by atoms with van der Waals surface area (Å²) in [6, 6.07) is 8.62. The van der Waals surface area contributed by atoms with Crippen LogP contribution in [-0.4, -0.2) is 56.6 Å². The Morgan fingerprint density at radius 2 is 1.65 bits per heavy atom. The lowest BCUT2D eigenvalue weighted by atomic mass is 10.0. The van der Waals surface area contributed by atoms with E-state index >= 15 is 0 Å². The molecule has 0 bridgehead atoms. The molecule has 4 nitrogen and oxygen atoms in total. The number of hydrogen-bond donors (Lipinski definition) is 0. The van der Waals surface area contributed by atoms with Gasteiger partial charge in [0, 0.05) is 43.5 Å². The number of piperidine rings is 1. The third-order valence-corrected chi connectivity index (χ3v) is 4.42. The van der Waals surface area contributed by atoms with E-state index in [1.165, 1.54) is 18.5 Å². The molecule has 20 heavy (non-hydrogen) atoms. The Labute approximate surface area is 120 Å². The molecular weight excluding hydrogens is 252 g/mol. The van der Waals surface area contributed by atoms with Gasteiger partial charge in [-0.3, -0.25) is 9.69 Å². The third kappa shape index (κ3) is 3.02. The lowest BCUT2D eigenvalue weighted by Gasteiger charge is -2.40. The summed E-state index contributed by atoms with van der Waals surface area (Å²) in [7, 11) is 0. The normalized spacial score (nSPS) is 21.9. The maximum Gasteiger partial charge on any atom is 0.150 e. The maximum atomic E-state index is 10.7. The van der Waals surface area contributed by atoms with Crippen LogP contribution in [0.4, 0.5) is 5.69 Å². The SMILES string of the molecule is O=Cc1ccc(N2CCC(N3CCOCC3)CC2)cc1. The summed E-state index contributed by atoms with van der Waals surface area (Å²) in [6.07, 6.45) is 3.33. The van der Waals surface area contributed by atoms with Crippen molar-refractivity contribution < 1.29 is 9.53 Å². The average molecular weight is 274 g/mol. The van der Waals surface area contributed by atoms with Crippen LogP contribution in [0.25, 0.3) is 0 Å². The number of aldehydes is 1.